The normalized spacial score (nSPS) is 9.40. The van der Waals surface area contributed by atoms with Crippen LogP contribution in [0.25, 0.3) is 0 Å². The fourth-order valence-corrected chi connectivity index (χ4v) is 0.903. The van der Waals surface area contributed by atoms with Gasteiger partial charge in [0.1, 0.15) is 5.69 Å². The molecule has 0 aromatic carbocycles. The molecule has 1 rings (SSSR count). The molecule has 0 aliphatic carbocycles. The van der Waals surface area contributed by atoms with Gasteiger partial charge in [0.2, 0.25) is 0 Å². The minimum atomic E-state index is 0.0106. The Morgan fingerprint density at radius 3 is 2.70 bits per heavy atom. The highest BCUT2D eigenvalue weighted by atomic mass is 127. The molecule has 1 aromatic rings. The standard InChI is InChI=1S/C7H6INO/c1-5(10)7-3-2-6(8)4-9-7/h2-4H,1H3. The molecule has 0 unspecified atom stereocenters. The lowest BCUT2D eigenvalue weighted by Gasteiger charge is -1.92. The molecule has 2 nitrogen and oxygen atoms in total. The van der Waals surface area contributed by atoms with Gasteiger partial charge in [-0.25, -0.2) is 0 Å². The molecular weight excluding hydrogens is 241 g/mol. The molecule has 0 saturated carbocycles. The first-order valence-electron chi connectivity index (χ1n) is 2.82. The maximum absolute atomic E-state index is 10.7. The average Bonchev–Trinajstić information content (AvgIpc) is 1.88. The Balaban J connectivity index is 3.00. The smallest absolute Gasteiger partial charge is 0.178 e. The minimum Gasteiger partial charge on any atom is -0.293 e. The zero-order chi connectivity index (χ0) is 7.56. The summed E-state index contributed by atoms with van der Waals surface area (Å²) < 4.78 is 1.04. The maximum atomic E-state index is 10.7. The number of pyridine rings is 1. The van der Waals surface area contributed by atoms with Crippen LogP contribution < -0.4 is 0 Å². The van der Waals surface area contributed by atoms with Crippen molar-refractivity contribution in [3.63, 3.8) is 0 Å². The van der Waals surface area contributed by atoms with Crippen LogP contribution in [0.1, 0.15) is 17.4 Å². The van der Waals surface area contributed by atoms with E-state index in [1.54, 1.807) is 12.3 Å². The monoisotopic (exact) mass is 247 g/mol. The summed E-state index contributed by atoms with van der Waals surface area (Å²) in [6, 6.07) is 3.59. The number of carbonyl (C=O) groups is 1. The summed E-state index contributed by atoms with van der Waals surface area (Å²) in [5.74, 6) is 0.0106. The molecule has 0 bridgehead atoms. The molecule has 0 amide bonds. The number of carbonyl (C=O) groups excluding carboxylic acids is 1. The molecule has 10 heavy (non-hydrogen) atoms. The van der Waals surface area contributed by atoms with Gasteiger partial charge >= 0.3 is 0 Å². The molecule has 0 aliphatic heterocycles. The van der Waals surface area contributed by atoms with Crippen LogP contribution in [0, 0.1) is 3.57 Å². The zero-order valence-corrected chi connectivity index (χ0v) is 7.62. The van der Waals surface area contributed by atoms with Crippen LogP contribution in [-0.2, 0) is 0 Å². The van der Waals surface area contributed by atoms with Gasteiger partial charge in [0.25, 0.3) is 0 Å². The van der Waals surface area contributed by atoms with Gasteiger partial charge in [0, 0.05) is 16.7 Å². The van der Waals surface area contributed by atoms with Crippen LogP contribution in [-0.4, -0.2) is 10.8 Å². The maximum Gasteiger partial charge on any atom is 0.178 e. The molecule has 0 radical (unpaired) electrons. The van der Waals surface area contributed by atoms with Crippen LogP contribution in [0.4, 0.5) is 0 Å². The Morgan fingerprint density at radius 1 is 1.60 bits per heavy atom. The second kappa shape index (κ2) is 3.09. The summed E-state index contributed by atoms with van der Waals surface area (Å²) in [7, 11) is 0. The van der Waals surface area contributed by atoms with E-state index in [1.807, 2.05) is 6.07 Å². The first-order valence-corrected chi connectivity index (χ1v) is 3.90. The molecule has 0 saturated heterocycles. The number of ketones is 1. The van der Waals surface area contributed by atoms with Gasteiger partial charge in [0.05, 0.1) is 0 Å². The van der Waals surface area contributed by atoms with E-state index in [1.165, 1.54) is 6.92 Å². The summed E-state index contributed by atoms with van der Waals surface area (Å²) >= 11 is 2.15. The summed E-state index contributed by atoms with van der Waals surface area (Å²) in [6.45, 7) is 1.51. The Kier molecular flexibility index (Phi) is 2.37. The lowest BCUT2D eigenvalue weighted by atomic mass is 10.3. The predicted octanol–water partition coefficient (Wildman–Crippen LogP) is 1.89. The molecule has 3 heteroatoms. The molecule has 0 N–H and O–H groups in total. The van der Waals surface area contributed by atoms with Gasteiger partial charge in [-0.15, -0.1) is 0 Å². The van der Waals surface area contributed by atoms with Gasteiger partial charge in [-0.1, -0.05) is 0 Å². The van der Waals surface area contributed by atoms with Crippen molar-refractivity contribution in [1.29, 1.82) is 0 Å². The minimum absolute atomic E-state index is 0.0106. The molecule has 0 atom stereocenters. The molecule has 0 fully saturated rings. The number of Topliss-reactive ketones (excluding diaryl/α,β-unsaturated/α-hetero) is 1. The Morgan fingerprint density at radius 2 is 2.30 bits per heavy atom. The van der Waals surface area contributed by atoms with E-state index in [-0.39, 0.29) is 5.78 Å². The number of hydrogen-bond acceptors (Lipinski definition) is 2. The SMILES string of the molecule is CC(=O)c1ccc(I)cn1. The van der Waals surface area contributed by atoms with E-state index in [9.17, 15) is 4.79 Å². The number of nitrogens with zero attached hydrogens (tertiary/aromatic N) is 1. The third-order valence-electron chi connectivity index (χ3n) is 1.09. The highest BCUT2D eigenvalue weighted by molar-refractivity contribution is 14.1. The fourth-order valence-electron chi connectivity index (χ4n) is 0.584. The Labute approximate surface area is 72.8 Å². The third kappa shape index (κ3) is 1.76. The van der Waals surface area contributed by atoms with Gasteiger partial charge in [0.15, 0.2) is 5.78 Å². The summed E-state index contributed by atoms with van der Waals surface area (Å²) in [6.07, 6.45) is 1.68. The van der Waals surface area contributed by atoms with E-state index in [0.717, 1.165) is 3.57 Å². The van der Waals surface area contributed by atoms with Crippen molar-refractivity contribution in [2.45, 2.75) is 6.92 Å². The largest absolute Gasteiger partial charge is 0.293 e. The van der Waals surface area contributed by atoms with Crippen molar-refractivity contribution in [3.05, 3.63) is 27.6 Å². The van der Waals surface area contributed by atoms with E-state index in [4.69, 9.17) is 0 Å². The highest BCUT2D eigenvalue weighted by Gasteiger charge is 1.97. The van der Waals surface area contributed by atoms with Gasteiger partial charge in [-0.05, 0) is 34.7 Å². The van der Waals surface area contributed by atoms with Crippen LogP contribution in [0.15, 0.2) is 18.3 Å². The van der Waals surface area contributed by atoms with Crippen molar-refractivity contribution in [1.82, 2.24) is 4.98 Å². The molecule has 1 aromatic heterocycles. The van der Waals surface area contributed by atoms with E-state index < -0.39 is 0 Å². The number of halogens is 1. The lowest BCUT2D eigenvalue weighted by Crippen LogP contribution is -1.95. The van der Waals surface area contributed by atoms with E-state index >= 15 is 0 Å². The van der Waals surface area contributed by atoms with Crippen LogP contribution in [0.3, 0.4) is 0 Å². The van der Waals surface area contributed by atoms with Crippen molar-refractivity contribution in [3.8, 4) is 0 Å². The molecule has 52 valence electrons. The van der Waals surface area contributed by atoms with Crippen LogP contribution >= 0.6 is 22.6 Å². The second-order valence-electron chi connectivity index (χ2n) is 1.92. The number of aromatic nitrogens is 1. The van der Waals surface area contributed by atoms with Crippen molar-refractivity contribution >= 4 is 28.4 Å². The van der Waals surface area contributed by atoms with Crippen molar-refractivity contribution in [2.75, 3.05) is 0 Å². The molecule has 0 spiro atoms. The highest BCUT2D eigenvalue weighted by Crippen LogP contribution is 2.02. The Bertz CT molecular complexity index is 242. The average molecular weight is 247 g/mol. The van der Waals surface area contributed by atoms with E-state index in [2.05, 4.69) is 27.6 Å². The topological polar surface area (TPSA) is 30.0 Å². The fraction of sp³-hybridized carbons (Fsp3) is 0.143. The quantitative estimate of drug-likeness (QED) is 0.560. The van der Waals surface area contributed by atoms with Gasteiger partial charge in [-0.3, -0.25) is 9.78 Å². The second-order valence-corrected chi connectivity index (χ2v) is 3.16. The molecule has 0 aliphatic rings. The third-order valence-corrected chi connectivity index (χ3v) is 1.73. The molecule has 1 heterocycles. The lowest BCUT2D eigenvalue weighted by molar-refractivity contribution is 0.101. The first-order chi connectivity index (χ1) is 4.70. The first kappa shape index (κ1) is 7.65. The van der Waals surface area contributed by atoms with Crippen molar-refractivity contribution in [2.24, 2.45) is 0 Å². The van der Waals surface area contributed by atoms with Gasteiger partial charge < -0.3 is 0 Å². The molecular formula is C7H6INO. The van der Waals surface area contributed by atoms with Crippen LogP contribution in [0.2, 0.25) is 0 Å². The van der Waals surface area contributed by atoms with Crippen LogP contribution in [0.5, 0.6) is 0 Å². The summed E-state index contributed by atoms with van der Waals surface area (Å²) in [4.78, 5) is 14.6. The van der Waals surface area contributed by atoms with Gasteiger partial charge in [-0.2, -0.15) is 0 Å². The van der Waals surface area contributed by atoms with Crippen molar-refractivity contribution < 1.29 is 4.79 Å². The number of hydrogen-bond donors (Lipinski definition) is 0. The Hall–Kier alpha value is -0.450. The van der Waals surface area contributed by atoms with E-state index in [0.29, 0.717) is 5.69 Å². The predicted molar refractivity (Wildman–Crippen MR) is 47.0 cm³/mol. The summed E-state index contributed by atoms with van der Waals surface area (Å²) in [5, 5.41) is 0. The zero-order valence-electron chi connectivity index (χ0n) is 5.47. The number of rotatable bonds is 1. The summed E-state index contributed by atoms with van der Waals surface area (Å²) in [5.41, 5.74) is 0.528.